The first-order valence-electron chi connectivity index (χ1n) is 6.49. The average Bonchev–Trinajstić information content (AvgIpc) is 2.40. The van der Waals surface area contributed by atoms with Crippen LogP contribution in [0.2, 0.25) is 0 Å². The van der Waals surface area contributed by atoms with E-state index >= 15 is 0 Å². The molecule has 1 amide bonds. The number of rotatable bonds is 3. The van der Waals surface area contributed by atoms with E-state index in [4.69, 9.17) is 5.73 Å². The summed E-state index contributed by atoms with van der Waals surface area (Å²) in [5.74, 6) is -0.647. The minimum absolute atomic E-state index is 0.163. The minimum Gasteiger partial charge on any atom is -0.336 e. The third kappa shape index (κ3) is 2.70. The molecule has 1 aromatic rings. The fraction of sp³-hybridized carbons (Fsp3) is 0.500. The molecule has 1 aliphatic rings. The quantitative estimate of drug-likeness (QED) is 0.893. The van der Waals surface area contributed by atoms with Crippen molar-refractivity contribution in [1.82, 2.24) is 4.90 Å². The van der Waals surface area contributed by atoms with Gasteiger partial charge in [-0.2, -0.15) is 0 Å². The van der Waals surface area contributed by atoms with E-state index in [2.05, 4.69) is 0 Å². The van der Waals surface area contributed by atoms with E-state index in [1.165, 1.54) is 6.07 Å². The van der Waals surface area contributed by atoms with E-state index in [1.807, 2.05) is 0 Å². The van der Waals surface area contributed by atoms with E-state index in [0.717, 1.165) is 25.7 Å². The maximum atomic E-state index is 13.6. The second-order valence-electron chi connectivity index (χ2n) is 4.71. The summed E-state index contributed by atoms with van der Waals surface area (Å²) in [4.78, 5) is 14.1. The molecule has 1 unspecified atom stereocenters. The molecule has 3 nitrogen and oxygen atoms in total. The Labute approximate surface area is 107 Å². The van der Waals surface area contributed by atoms with Gasteiger partial charge in [-0.3, -0.25) is 4.79 Å². The van der Waals surface area contributed by atoms with Crippen LogP contribution in [0.5, 0.6) is 0 Å². The molecular formula is C14H19FN2O. The van der Waals surface area contributed by atoms with Gasteiger partial charge < -0.3 is 10.6 Å². The number of halogens is 1. The Balaban J connectivity index is 2.18. The lowest BCUT2D eigenvalue weighted by molar-refractivity contribution is 0.0600. The van der Waals surface area contributed by atoms with Gasteiger partial charge in [0.25, 0.3) is 5.91 Å². The Morgan fingerprint density at radius 3 is 2.89 bits per heavy atom. The number of nitrogens with two attached hydrogens (primary N) is 1. The Hall–Kier alpha value is -1.42. The predicted octanol–water partition coefficient (Wildman–Crippen LogP) is 2.17. The van der Waals surface area contributed by atoms with Crippen molar-refractivity contribution in [2.75, 3.05) is 13.1 Å². The summed E-state index contributed by atoms with van der Waals surface area (Å²) < 4.78 is 13.6. The summed E-state index contributed by atoms with van der Waals surface area (Å²) in [6.45, 7) is 1.27. The predicted molar refractivity (Wildman–Crippen MR) is 68.7 cm³/mol. The summed E-state index contributed by atoms with van der Waals surface area (Å²) in [5.41, 5.74) is 5.75. The van der Waals surface area contributed by atoms with E-state index in [9.17, 15) is 9.18 Å². The van der Waals surface area contributed by atoms with Gasteiger partial charge in [0, 0.05) is 12.6 Å². The summed E-state index contributed by atoms with van der Waals surface area (Å²) in [6, 6.07) is 6.33. The van der Waals surface area contributed by atoms with E-state index in [1.54, 1.807) is 23.1 Å². The van der Waals surface area contributed by atoms with E-state index in [-0.39, 0.29) is 17.5 Å². The zero-order valence-corrected chi connectivity index (χ0v) is 10.4. The first-order valence-corrected chi connectivity index (χ1v) is 6.49. The number of likely N-dealkylation sites (tertiary alicyclic amines) is 1. The number of carbonyl (C=O) groups excluding carboxylic acids is 1. The Morgan fingerprint density at radius 2 is 2.17 bits per heavy atom. The lowest BCUT2D eigenvalue weighted by Gasteiger charge is -2.35. The first-order chi connectivity index (χ1) is 8.74. The Morgan fingerprint density at radius 1 is 1.39 bits per heavy atom. The maximum absolute atomic E-state index is 13.6. The molecule has 2 rings (SSSR count). The Kier molecular flexibility index (Phi) is 4.31. The SMILES string of the molecule is NCCC1CCCCN1C(=O)c1ccccc1F. The van der Waals surface area contributed by atoms with Gasteiger partial charge in [0.05, 0.1) is 5.56 Å². The second kappa shape index (κ2) is 5.96. The van der Waals surface area contributed by atoms with Gasteiger partial charge in [0.1, 0.15) is 5.82 Å². The van der Waals surface area contributed by atoms with Crippen molar-refractivity contribution >= 4 is 5.91 Å². The first kappa shape index (κ1) is 13.0. The highest BCUT2D eigenvalue weighted by Crippen LogP contribution is 2.22. The standard InChI is InChI=1S/C14H19FN2O/c15-13-7-2-1-6-12(13)14(18)17-10-4-3-5-11(17)8-9-16/h1-2,6-7,11H,3-5,8-10,16H2. The summed E-state index contributed by atoms with van der Waals surface area (Å²) in [6.07, 6.45) is 3.87. The molecule has 0 saturated carbocycles. The van der Waals surface area contributed by atoms with Crippen molar-refractivity contribution < 1.29 is 9.18 Å². The van der Waals surface area contributed by atoms with Crippen LogP contribution in [0.25, 0.3) is 0 Å². The zero-order valence-electron chi connectivity index (χ0n) is 10.4. The van der Waals surface area contributed by atoms with Gasteiger partial charge in [0.15, 0.2) is 0 Å². The molecule has 0 aromatic heterocycles. The average molecular weight is 250 g/mol. The van der Waals surface area contributed by atoms with Gasteiger partial charge >= 0.3 is 0 Å². The lowest BCUT2D eigenvalue weighted by Crippen LogP contribution is -2.44. The van der Waals surface area contributed by atoms with Gasteiger partial charge in [-0.15, -0.1) is 0 Å². The molecule has 1 atom stereocenters. The van der Waals surface area contributed by atoms with E-state index in [0.29, 0.717) is 13.1 Å². The normalized spacial score (nSPS) is 19.9. The molecular weight excluding hydrogens is 231 g/mol. The van der Waals surface area contributed by atoms with Crippen molar-refractivity contribution in [1.29, 1.82) is 0 Å². The maximum Gasteiger partial charge on any atom is 0.257 e. The molecule has 0 spiro atoms. The zero-order chi connectivity index (χ0) is 13.0. The van der Waals surface area contributed by atoms with Crippen molar-refractivity contribution in [3.63, 3.8) is 0 Å². The number of amides is 1. The molecule has 0 bridgehead atoms. The summed E-state index contributed by atoms with van der Waals surface area (Å²) in [7, 11) is 0. The van der Waals surface area contributed by atoms with Gasteiger partial charge in [-0.25, -0.2) is 4.39 Å². The monoisotopic (exact) mass is 250 g/mol. The lowest BCUT2D eigenvalue weighted by atomic mass is 9.98. The van der Waals surface area contributed by atoms with Crippen molar-refractivity contribution in [2.45, 2.75) is 31.7 Å². The van der Waals surface area contributed by atoms with Crippen molar-refractivity contribution in [2.24, 2.45) is 5.73 Å². The van der Waals surface area contributed by atoms with Crippen LogP contribution in [0, 0.1) is 5.82 Å². The molecule has 1 fully saturated rings. The van der Waals surface area contributed by atoms with Crippen LogP contribution in [0.1, 0.15) is 36.0 Å². The van der Waals surface area contributed by atoms with Crippen LogP contribution in [-0.2, 0) is 0 Å². The minimum atomic E-state index is -0.445. The van der Waals surface area contributed by atoms with Crippen LogP contribution in [0.15, 0.2) is 24.3 Å². The largest absolute Gasteiger partial charge is 0.336 e. The van der Waals surface area contributed by atoms with Gasteiger partial charge in [0.2, 0.25) is 0 Å². The smallest absolute Gasteiger partial charge is 0.257 e. The number of hydrogen-bond acceptors (Lipinski definition) is 2. The van der Waals surface area contributed by atoms with Gasteiger partial charge in [-0.1, -0.05) is 12.1 Å². The topological polar surface area (TPSA) is 46.3 Å². The molecule has 1 saturated heterocycles. The molecule has 98 valence electrons. The molecule has 1 aromatic carbocycles. The fourth-order valence-corrected chi connectivity index (χ4v) is 2.55. The highest BCUT2D eigenvalue weighted by Gasteiger charge is 2.28. The van der Waals surface area contributed by atoms with E-state index < -0.39 is 5.82 Å². The summed E-state index contributed by atoms with van der Waals surface area (Å²) >= 11 is 0. The van der Waals surface area contributed by atoms with Crippen LogP contribution in [0.3, 0.4) is 0 Å². The number of hydrogen-bond donors (Lipinski definition) is 1. The number of piperidine rings is 1. The van der Waals surface area contributed by atoms with Crippen LogP contribution < -0.4 is 5.73 Å². The Bertz CT molecular complexity index is 420. The second-order valence-corrected chi connectivity index (χ2v) is 4.71. The molecule has 4 heteroatoms. The highest BCUT2D eigenvalue weighted by molar-refractivity contribution is 5.94. The fourth-order valence-electron chi connectivity index (χ4n) is 2.55. The molecule has 18 heavy (non-hydrogen) atoms. The van der Waals surface area contributed by atoms with Crippen LogP contribution >= 0.6 is 0 Å². The number of carbonyl (C=O) groups is 1. The van der Waals surface area contributed by atoms with Gasteiger partial charge in [-0.05, 0) is 44.4 Å². The molecule has 0 aliphatic carbocycles. The third-order valence-electron chi connectivity index (χ3n) is 3.49. The molecule has 1 heterocycles. The van der Waals surface area contributed by atoms with Crippen LogP contribution in [0.4, 0.5) is 4.39 Å². The van der Waals surface area contributed by atoms with Crippen molar-refractivity contribution in [3.8, 4) is 0 Å². The number of benzene rings is 1. The molecule has 1 aliphatic heterocycles. The third-order valence-corrected chi connectivity index (χ3v) is 3.49. The van der Waals surface area contributed by atoms with Crippen LogP contribution in [-0.4, -0.2) is 29.9 Å². The summed E-state index contributed by atoms with van der Waals surface area (Å²) in [5, 5.41) is 0. The van der Waals surface area contributed by atoms with Crippen molar-refractivity contribution in [3.05, 3.63) is 35.6 Å². The molecule has 2 N–H and O–H groups in total. The number of nitrogens with zero attached hydrogens (tertiary/aromatic N) is 1. The molecule has 0 radical (unpaired) electrons. The highest BCUT2D eigenvalue weighted by atomic mass is 19.1.